The first kappa shape index (κ1) is 21.2. The number of amides is 1. The SMILES string of the molecule is Cc1ccc(NC(=O)c2cc(F)cc(C(F)(F)F)c2)cc1-c1ccc2nc(N)ncc2c1. The van der Waals surface area contributed by atoms with E-state index in [2.05, 4.69) is 15.3 Å². The first-order valence-corrected chi connectivity index (χ1v) is 9.42. The van der Waals surface area contributed by atoms with Gasteiger partial charge in [0.15, 0.2) is 0 Å². The molecule has 0 aliphatic carbocycles. The van der Waals surface area contributed by atoms with E-state index in [0.717, 1.165) is 28.1 Å². The van der Waals surface area contributed by atoms with Gasteiger partial charge in [-0.1, -0.05) is 12.1 Å². The molecule has 9 heteroatoms. The molecule has 1 amide bonds. The second-order valence-corrected chi connectivity index (χ2v) is 7.21. The fraction of sp³-hybridized carbons (Fsp3) is 0.0870. The number of alkyl halides is 3. The number of nitrogens with zero attached hydrogens (tertiary/aromatic N) is 2. The Hall–Kier alpha value is -4.01. The zero-order valence-electron chi connectivity index (χ0n) is 16.7. The summed E-state index contributed by atoms with van der Waals surface area (Å²) in [6, 6.07) is 12.3. The van der Waals surface area contributed by atoms with Gasteiger partial charge in [0.2, 0.25) is 5.95 Å². The van der Waals surface area contributed by atoms with E-state index in [1.54, 1.807) is 30.5 Å². The lowest BCUT2D eigenvalue weighted by Crippen LogP contribution is -2.14. The molecule has 5 nitrogen and oxygen atoms in total. The van der Waals surface area contributed by atoms with Gasteiger partial charge >= 0.3 is 6.18 Å². The van der Waals surface area contributed by atoms with Crippen molar-refractivity contribution >= 4 is 28.4 Å². The first-order valence-electron chi connectivity index (χ1n) is 9.42. The molecule has 3 aromatic carbocycles. The van der Waals surface area contributed by atoms with Gasteiger partial charge in [0, 0.05) is 22.8 Å². The van der Waals surface area contributed by atoms with Gasteiger partial charge in [-0.05, 0) is 66.1 Å². The Morgan fingerprint density at radius 3 is 2.56 bits per heavy atom. The van der Waals surface area contributed by atoms with Crippen LogP contribution in [0.1, 0.15) is 21.5 Å². The Bertz CT molecular complexity index is 1350. The van der Waals surface area contributed by atoms with Gasteiger partial charge in [0.1, 0.15) is 5.82 Å². The van der Waals surface area contributed by atoms with E-state index in [4.69, 9.17) is 5.73 Å². The Labute approximate surface area is 179 Å². The monoisotopic (exact) mass is 440 g/mol. The van der Waals surface area contributed by atoms with E-state index in [1.165, 1.54) is 0 Å². The normalized spacial score (nSPS) is 11.5. The third kappa shape index (κ3) is 4.36. The Morgan fingerprint density at radius 1 is 1.03 bits per heavy atom. The number of carbonyl (C=O) groups is 1. The molecule has 3 N–H and O–H groups in total. The maximum absolute atomic E-state index is 13.7. The molecule has 4 rings (SSSR count). The molecule has 1 aromatic heterocycles. The summed E-state index contributed by atoms with van der Waals surface area (Å²) in [7, 11) is 0. The van der Waals surface area contributed by atoms with E-state index >= 15 is 0 Å². The average Bonchev–Trinajstić information content (AvgIpc) is 2.73. The zero-order valence-corrected chi connectivity index (χ0v) is 16.7. The lowest BCUT2D eigenvalue weighted by atomic mass is 9.98. The van der Waals surface area contributed by atoms with Crippen LogP contribution >= 0.6 is 0 Å². The van der Waals surface area contributed by atoms with Crippen LogP contribution in [0.3, 0.4) is 0 Å². The molecule has 0 bridgehead atoms. The number of fused-ring (bicyclic) bond motifs is 1. The van der Waals surface area contributed by atoms with Crippen molar-refractivity contribution < 1.29 is 22.4 Å². The van der Waals surface area contributed by atoms with Gasteiger partial charge in [-0.15, -0.1) is 0 Å². The Morgan fingerprint density at radius 2 is 1.81 bits per heavy atom. The Balaban J connectivity index is 1.66. The van der Waals surface area contributed by atoms with Crippen LogP contribution in [0, 0.1) is 12.7 Å². The third-order valence-electron chi connectivity index (χ3n) is 4.89. The number of halogens is 4. The number of anilines is 2. The molecule has 4 aromatic rings. The summed E-state index contributed by atoms with van der Waals surface area (Å²) in [5, 5.41) is 3.30. The van der Waals surface area contributed by atoms with Crippen molar-refractivity contribution in [1.29, 1.82) is 0 Å². The smallest absolute Gasteiger partial charge is 0.368 e. The summed E-state index contributed by atoms with van der Waals surface area (Å²) in [5.41, 5.74) is 7.49. The minimum atomic E-state index is -4.77. The summed E-state index contributed by atoms with van der Waals surface area (Å²) in [4.78, 5) is 20.7. The second kappa shape index (κ2) is 7.92. The number of benzene rings is 3. The van der Waals surface area contributed by atoms with Gasteiger partial charge in [0.05, 0.1) is 11.1 Å². The van der Waals surface area contributed by atoms with Crippen molar-refractivity contribution in [2.75, 3.05) is 11.1 Å². The van der Waals surface area contributed by atoms with Crippen molar-refractivity contribution in [2.24, 2.45) is 0 Å². The van der Waals surface area contributed by atoms with E-state index in [1.807, 2.05) is 19.1 Å². The predicted molar refractivity (Wildman–Crippen MR) is 113 cm³/mol. The van der Waals surface area contributed by atoms with Crippen molar-refractivity contribution in [1.82, 2.24) is 9.97 Å². The highest BCUT2D eigenvalue weighted by Crippen LogP contribution is 2.32. The molecule has 0 aliphatic rings. The summed E-state index contributed by atoms with van der Waals surface area (Å²) in [5.74, 6) is -1.84. The van der Waals surface area contributed by atoms with Crippen LogP contribution in [0.2, 0.25) is 0 Å². The van der Waals surface area contributed by atoms with Gasteiger partial charge < -0.3 is 11.1 Å². The standard InChI is InChI=1S/C23H16F4N4O/c1-12-2-4-18(30-21(32)14-7-16(23(25,26)27)9-17(24)8-14)10-19(12)13-3-5-20-15(6-13)11-29-22(28)31-20/h2-11H,1H3,(H,30,32)(H2,28,29,31). The zero-order chi connectivity index (χ0) is 23.0. The number of nitrogens with two attached hydrogens (primary N) is 1. The number of rotatable bonds is 3. The number of carbonyl (C=O) groups excluding carboxylic acids is 1. The van der Waals surface area contributed by atoms with Crippen LogP contribution in [0.25, 0.3) is 22.0 Å². The predicted octanol–water partition coefficient (Wildman–Crippen LogP) is 5.60. The second-order valence-electron chi connectivity index (χ2n) is 7.21. The Kier molecular flexibility index (Phi) is 5.25. The summed E-state index contributed by atoms with van der Waals surface area (Å²) < 4.78 is 52.5. The van der Waals surface area contributed by atoms with E-state index in [-0.39, 0.29) is 5.95 Å². The molecule has 0 unspecified atom stereocenters. The van der Waals surface area contributed by atoms with Crippen molar-refractivity contribution in [3.05, 3.63) is 83.3 Å². The molecule has 0 fully saturated rings. The molecule has 0 radical (unpaired) electrons. The molecule has 0 atom stereocenters. The van der Waals surface area contributed by atoms with Gasteiger partial charge in [-0.3, -0.25) is 4.79 Å². The van der Waals surface area contributed by atoms with E-state index in [0.29, 0.717) is 23.3 Å². The van der Waals surface area contributed by atoms with Gasteiger partial charge in [-0.2, -0.15) is 13.2 Å². The highest BCUT2D eigenvalue weighted by Gasteiger charge is 2.32. The molecule has 32 heavy (non-hydrogen) atoms. The maximum atomic E-state index is 13.7. The highest BCUT2D eigenvalue weighted by atomic mass is 19.4. The first-order chi connectivity index (χ1) is 15.1. The van der Waals surface area contributed by atoms with Crippen LogP contribution in [-0.4, -0.2) is 15.9 Å². The molecule has 0 aliphatic heterocycles. The van der Waals surface area contributed by atoms with Crippen molar-refractivity contribution in [3.8, 4) is 11.1 Å². The van der Waals surface area contributed by atoms with Crippen molar-refractivity contribution in [2.45, 2.75) is 13.1 Å². The average molecular weight is 440 g/mol. The van der Waals surface area contributed by atoms with Gasteiger partial charge in [0.25, 0.3) is 5.91 Å². The lowest BCUT2D eigenvalue weighted by molar-refractivity contribution is -0.137. The quantitative estimate of drug-likeness (QED) is 0.407. The summed E-state index contributed by atoms with van der Waals surface area (Å²) >= 11 is 0. The fourth-order valence-electron chi connectivity index (χ4n) is 3.31. The molecule has 162 valence electrons. The van der Waals surface area contributed by atoms with Crippen LogP contribution in [0.5, 0.6) is 0 Å². The molecular weight excluding hydrogens is 424 g/mol. The summed E-state index contributed by atoms with van der Waals surface area (Å²) in [6.45, 7) is 1.88. The van der Waals surface area contributed by atoms with Crippen molar-refractivity contribution in [3.63, 3.8) is 0 Å². The molecule has 0 spiro atoms. The summed E-state index contributed by atoms with van der Waals surface area (Å²) in [6.07, 6.45) is -3.16. The minimum absolute atomic E-state index is 0.164. The number of nitrogen functional groups attached to an aromatic ring is 1. The van der Waals surface area contributed by atoms with Crippen LogP contribution in [-0.2, 0) is 6.18 Å². The minimum Gasteiger partial charge on any atom is -0.368 e. The van der Waals surface area contributed by atoms with Crippen LogP contribution < -0.4 is 11.1 Å². The highest BCUT2D eigenvalue weighted by molar-refractivity contribution is 6.04. The lowest BCUT2D eigenvalue weighted by Gasteiger charge is -2.13. The number of nitrogens with one attached hydrogen (secondary N) is 1. The molecule has 0 saturated heterocycles. The number of hydrogen-bond acceptors (Lipinski definition) is 4. The topological polar surface area (TPSA) is 80.9 Å². The van der Waals surface area contributed by atoms with E-state index < -0.39 is 29.0 Å². The van der Waals surface area contributed by atoms with E-state index in [9.17, 15) is 22.4 Å². The fourth-order valence-corrected chi connectivity index (χ4v) is 3.31. The molecule has 1 heterocycles. The van der Waals surface area contributed by atoms with Crippen LogP contribution in [0.4, 0.5) is 29.2 Å². The maximum Gasteiger partial charge on any atom is 0.416 e. The number of aromatic nitrogens is 2. The van der Waals surface area contributed by atoms with Crippen LogP contribution in [0.15, 0.2) is 60.8 Å². The number of hydrogen-bond donors (Lipinski definition) is 2. The molecule has 0 saturated carbocycles. The molecular formula is C23H16F4N4O. The third-order valence-corrected chi connectivity index (χ3v) is 4.89. The largest absolute Gasteiger partial charge is 0.416 e. The number of aryl methyl sites for hydroxylation is 1. The van der Waals surface area contributed by atoms with Gasteiger partial charge in [-0.25, -0.2) is 14.4 Å².